The van der Waals surface area contributed by atoms with E-state index in [-0.39, 0.29) is 18.8 Å². The SMILES string of the molecule is CCCC1CCC(C2CCC(C#CC3CCC(C(F)(F)F)CC3)CC2)CC1. The molecule has 3 heteroatoms. The third kappa shape index (κ3) is 6.16. The average Bonchev–Trinajstić information content (AvgIpc) is 2.67. The lowest BCUT2D eigenvalue weighted by molar-refractivity contribution is -0.182. The van der Waals surface area contributed by atoms with Crippen LogP contribution >= 0.6 is 0 Å². The van der Waals surface area contributed by atoms with E-state index in [4.69, 9.17) is 0 Å². The summed E-state index contributed by atoms with van der Waals surface area (Å²) in [5.74, 6) is 9.28. The third-order valence-electron chi connectivity index (χ3n) is 7.71. The van der Waals surface area contributed by atoms with Gasteiger partial charge in [0.1, 0.15) is 0 Å². The Balaban J connectivity index is 1.37. The Morgan fingerprint density at radius 2 is 1.11 bits per heavy atom. The summed E-state index contributed by atoms with van der Waals surface area (Å²) < 4.78 is 38.3. The first kappa shape index (κ1) is 21.1. The lowest BCUT2D eigenvalue weighted by Gasteiger charge is -2.37. The van der Waals surface area contributed by atoms with E-state index in [2.05, 4.69) is 18.8 Å². The Hall–Kier alpha value is -0.650. The minimum Gasteiger partial charge on any atom is -0.171 e. The molecule has 3 rings (SSSR count). The van der Waals surface area contributed by atoms with Gasteiger partial charge in [0, 0.05) is 11.8 Å². The van der Waals surface area contributed by atoms with Gasteiger partial charge in [-0.3, -0.25) is 0 Å². The molecule has 0 aromatic rings. The molecular formula is C24H37F3. The van der Waals surface area contributed by atoms with Gasteiger partial charge >= 0.3 is 6.18 Å². The molecular weight excluding hydrogens is 345 g/mol. The molecule has 0 aliphatic heterocycles. The van der Waals surface area contributed by atoms with Crippen LogP contribution in [-0.4, -0.2) is 6.18 Å². The van der Waals surface area contributed by atoms with Crippen molar-refractivity contribution in [3.63, 3.8) is 0 Å². The summed E-state index contributed by atoms with van der Waals surface area (Å²) in [4.78, 5) is 0. The molecule has 0 atom stereocenters. The van der Waals surface area contributed by atoms with Crippen molar-refractivity contribution in [2.75, 3.05) is 0 Å². The number of alkyl halides is 3. The summed E-state index contributed by atoms with van der Waals surface area (Å²) >= 11 is 0. The molecule has 0 heterocycles. The first-order valence-corrected chi connectivity index (χ1v) is 11.5. The fourth-order valence-corrected chi connectivity index (χ4v) is 5.89. The van der Waals surface area contributed by atoms with Gasteiger partial charge in [-0.1, -0.05) is 44.4 Å². The second kappa shape index (κ2) is 9.71. The molecule has 0 nitrogen and oxygen atoms in total. The first-order chi connectivity index (χ1) is 13.0. The van der Waals surface area contributed by atoms with Gasteiger partial charge in [-0.25, -0.2) is 0 Å². The highest BCUT2D eigenvalue weighted by Crippen LogP contribution is 2.42. The van der Waals surface area contributed by atoms with Gasteiger partial charge in [0.25, 0.3) is 0 Å². The summed E-state index contributed by atoms with van der Waals surface area (Å²) in [5, 5.41) is 0. The van der Waals surface area contributed by atoms with Crippen LogP contribution in [-0.2, 0) is 0 Å². The maximum atomic E-state index is 12.8. The minimum atomic E-state index is -4.01. The van der Waals surface area contributed by atoms with Crippen LogP contribution in [0.4, 0.5) is 13.2 Å². The zero-order chi connectivity index (χ0) is 19.3. The molecule has 0 N–H and O–H groups in total. The molecule has 154 valence electrons. The third-order valence-corrected chi connectivity index (χ3v) is 7.71. The van der Waals surface area contributed by atoms with E-state index in [0.29, 0.717) is 18.8 Å². The van der Waals surface area contributed by atoms with Gasteiger partial charge in [-0.15, -0.1) is 0 Å². The lowest BCUT2D eigenvalue weighted by Crippen LogP contribution is -2.27. The van der Waals surface area contributed by atoms with Crippen molar-refractivity contribution in [2.45, 2.75) is 103 Å². The maximum Gasteiger partial charge on any atom is 0.391 e. The average molecular weight is 383 g/mol. The van der Waals surface area contributed by atoms with Gasteiger partial charge in [-0.2, -0.15) is 13.2 Å². The lowest BCUT2D eigenvalue weighted by atomic mass is 9.69. The minimum absolute atomic E-state index is 0.204. The van der Waals surface area contributed by atoms with Crippen LogP contribution in [0.3, 0.4) is 0 Å². The largest absolute Gasteiger partial charge is 0.391 e. The highest BCUT2D eigenvalue weighted by Gasteiger charge is 2.41. The van der Waals surface area contributed by atoms with Crippen LogP contribution in [0.5, 0.6) is 0 Å². The molecule has 27 heavy (non-hydrogen) atoms. The molecule has 0 aromatic carbocycles. The maximum absolute atomic E-state index is 12.8. The predicted octanol–water partition coefficient (Wildman–Crippen LogP) is 7.77. The van der Waals surface area contributed by atoms with Crippen molar-refractivity contribution in [1.82, 2.24) is 0 Å². The monoisotopic (exact) mass is 382 g/mol. The van der Waals surface area contributed by atoms with Gasteiger partial charge < -0.3 is 0 Å². The van der Waals surface area contributed by atoms with E-state index < -0.39 is 12.1 Å². The molecule has 3 saturated carbocycles. The molecule has 0 amide bonds. The fraction of sp³-hybridized carbons (Fsp3) is 0.917. The second-order valence-corrected chi connectivity index (χ2v) is 9.56. The molecule has 0 bridgehead atoms. The van der Waals surface area contributed by atoms with E-state index >= 15 is 0 Å². The van der Waals surface area contributed by atoms with Crippen LogP contribution in [0.1, 0.15) is 96.8 Å². The normalized spacial score (nSPS) is 38.1. The summed E-state index contributed by atoms with van der Waals surface area (Å²) in [6.07, 6.45) is 11.4. The summed E-state index contributed by atoms with van der Waals surface area (Å²) in [6.45, 7) is 2.30. The number of rotatable bonds is 3. The van der Waals surface area contributed by atoms with Crippen LogP contribution in [0, 0.1) is 47.3 Å². The summed E-state index contributed by atoms with van der Waals surface area (Å²) in [5.41, 5.74) is 0. The van der Waals surface area contributed by atoms with E-state index in [0.717, 1.165) is 17.8 Å². The Bertz CT molecular complexity index is 488. The standard InChI is InChI=1S/C24H37F3/c1-2-3-18-6-12-21(13-7-18)22-14-8-19(9-15-22)4-5-20-10-16-23(17-11-20)24(25,26)27/h18-23H,2-3,6-17H2,1H3. The van der Waals surface area contributed by atoms with E-state index in [1.165, 1.54) is 64.2 Å². The molecule has 0 radical (unpaired) electrons. The Morgan fingerprint density at radius 1 is 0.667 bits per heavy atom. The van der Waals surface area contributed by atoms with Crippen molar-refractivity contribution >= 4 is 0 Å². The van der Waals surface area contributed by atoms with Gasteiger partial charge in [0.05, 0.1) is 5.92 Å². The fourth-order valence-electron chi connectivity index (χ4n) is 5.89. The van der Waals surface area contributed by atoms with Crippen molar-refractivity contribution in [2.24, 2.45) is 35.5 Å². The van der Waals surface area contributed by atoms with E-state index in [1.54, 1.807) is 0 Å². The summed E-state index contributed by atoms with van der Waals surface area (Å²) in [6, 6.07) is 0. The quantitative estimate of drug-likeness (QED) is 0.437. The zero-order valence-electron chi connectivity index (χ0n) is 17.0. The molecule has 3 aliphatic carbocycles. The smallest absolute Gasteiger partial charge is 0.171 e. The molecule has 0 unspecified atom stereocenters. The highest BCUT2D eigenvalue weighted by atomic mass is 19.4. The van der Waals surface area contributed by atoms with E-state index in [1.807, 2.05) is 0 Å². The van der Waals surface area contributed by atoms with Crippen LogP contribution in [0.15, 0.2) is 0 Å². The van der Waals surface area contributed by atoms with Crippen molar-refractivity contribution in [3.8, 4) is 11.8 Å². The highest BCUT2D eigenvalue weighted by molar-refractivity contribution is 5.09. The Kier molecular flexibility index (Phi) is 7.57. The van der Waals surface area contributed by atoms with Gasteiger partial charge in [-0.05, 0) is 82.0 Å². The van der Waals surface area contributed by atoms with Crippen LogP contribution < -0.4 is 0 Å². The Labute approximate surface area is 164 Å². The number of halogens is 3. The first-order valence-electron chi connectivity index (χ1n) is 11.5. The second-order valence-electron chi connectivity index (χ2n) is 9.56. The summed E-state index contributed by atoms with van der Waals surface area (Å²) in [7, 11) is 0. The van der Waals surface area contributed by atoms with Crippen molar-refractivity contribution < 1.29 is 13.2 Å². The Morgan fingerprint density at radius 3 is 1.56 bits per heavy atom. The van der Waals surface area contributed by atoms with Crippen molar-refractivity contribution in [3.05, 3.63) is 0 Å². The van der Waals surface area contributed by atoms with E-state index in [9.17, 15) is 13.2 Å². The van der Waals surface area contributed by atoms with Gasteiger partial charge in [0.15, 0.2) is 0 Å². The number of hydrogen-bond acceptors (Lipinski definition) is 0. The van der Waals surface area contributed by atoms with Crippen LogP contribution in [0.25, 0.3) is 0 Å². The van der Waals surface area contributed by atoms with Crippen molar-refractivity contribution in [1.29, 1.82) is 0 Å². The number of hydrogen-bond donors (Lipinski definition) is 0. The van der Waals surface area contributed by atoms with Gasteiger partial charge in [0.2, 0.25) is 0 Å². The topological polar surface area (TPSA) is 0 Å². The molecule has 0 spiro atoms. The zero-order valence-corrected chi connectivity index (χ0v) is 17.0. The molecule has 3 fully saturated rings. The predicted molar refractivity (Wildman–Crippen MR) is 105 cm³/mol. The van der Waals surface area contributed by atoms with Crippen LogP contribution in [0.2, 0.25) is 0 Å². The molecule has 0 saturated heterocycles. The molecule has 3 aliphatic rings. The molecule has 0 aromatic heterocycles.